The van der Waals surface area contributed by atoms with Gasteiger partial charge >= 0.3 is 7.60 Å². The summed E-state index contributed by atoms with van der Waals surface area (Å²) in [6.45, 7) is 6.71. The van der Waals surface area contributed by atoms with Crippen LogP contribution in [0.15, 0.2) is 0 Å². The molecule has 4 heteroatoms. The number of rotatable bonds is 6. The largest absolute Gasteiger partial charge is 0.333 e. The molecule has 0 heterocycles. The van der Waals surface area contributed by atoms with E-state index in [-0.39, 0.29) is 5.66 Å². The fourth-order valence-corrected chi connectivity index (χ4v) is 3.35. The Morgan fingerprint density at radius 2 is 1.87 bits per heavy atom. The van der Waals surface area contributed by atoms with Crippen molar-refractivity contribution in [1.29, 1.82) is 0 Å². The lowest BCUT2D eigenvalue weighted by Crippen LogP contribution is -2.11. The van der Waals surface area contributed by atoms with Gasteiger partial charge in [-0.3, -0.25) is 4.57 Å². The fraction of sp³-hybridized carbons (Fsp3) is 1.00. The van der Waals surface area contributed by atoms with E-state index in [9.17, 15) is 4.57 Å². The van der Waals surface area contributed by atoms with E-state index in [1.807, 2.05) is 20.8 Å². The molecule has 0 aliphatic heterocycles. The standard InChI is InChI=1S/C11H23O3P/c1-4-13-15(12,10(2)3)14-9-11-7-5-6-8-11/h10-11H,4-9H2,1-3H3. The minimum atomic E-state index is -2.84. The first-order chi connectivity index (χ1) is 7.08. The summed E-state index contributed by atoms with van der Waals surface area (Å²) < 4.78 is 23.1. The summed E-state index contributed by atoms with van der Waals surface area (Å²) in [6, 6.07) is 0. The quantitative estimate of drug-likeness (QED) is 0.655. The minimum Gasteiger partial charge on any atom is -0.309 e. The maximum absolute atomic E-state index is 12.2. The van der Waals surface area contributed by atoms with Gasteiger partial charge in [-0.05, 0) is 25.7 Å². The summed E-state index contributed by atoms with van der Waals surface area (Å²) in [5, 5.41) is 0. The van der Waals surface area contributed by atoms with Crippen LogP contribution in [-0.4, -0.2) is 18.9 Å². The van der Waals surface area contributed by atoms with Crippen molar-refractivity contribution in [3.63, 3.8) is 0 Å². The first-order valence-electron chi connectivity index (χ1n) is 5.97. The average molecular weight is 234 g/mol. The van der Waals surface area contributed by atoms with E-state index in [0.29, 0.717) is 19.1 Å². The van der Waals surface area contributed by atoms with Gasteiger partial charge in [0.2, 0.25) is 0 Å². The molecule has 1 aliphatic rings. The molecular weight excluding hydrogens is 211 g/mol. The Labute approximate surface area is 93.1 Å². The van der Waals surface area contributed by atoms with Gasteiger partial charge in [0.1, 0.15) is 0 Å². The Balaban J connectivity index is 2.40. The Bertz CT molecular complexity index is 222. The molecule has 0 spiro atoms. The molecule has 0 aromatic carbocycles. The molecule has 90 valence electrons. The van der Waals surface area contributed by atoms with E-state index >= 15 is 0 Å². The van der Waals surface area contributed by atoms with E-state index in [0.717, 1.165) is 0 Å². The summed E-state index contributed by atoms with van der Waals surface area (Å²) in [5.41, 5.74) is -0.0427. The normalized spacial score (nSPS) is 22.1. The van der Waals surface area contributed by atoms with Crippen LogP contribution >= 0.6 is 7.60 Å². The lowest BCUT2D eigenvalue weighted by atomic mass is 10.1. The predicted molar refractivity (Wildman–Crippen MR) is 62.3 cm³/mol. The Hall–Kier alpha value is 0.150. The highest BCUT2D eigenvalue weighted by Crippen LogP contribution is 2.53. The average Bonchev–Trinajstić information content (AvgIpc) is 2.67. The molecule has 0 aromatic rings. The lowest BCUT2D eigenvalue weighted by Gasteiger charge is -2.22. The molecule has 1 saturated carbocycles. The van der Waals surface area contributed by atoms with Crippen LogP contribution in [-0.2, 0) is 13.6 Å². The van der Waals surface area contributed by atoms with Gasteiger partial charge in [-0.1, -0.05) is 26.7 Å². The molecule has 0 radical (unpaired) electrons. The predicted octanol–water partition coefficient (Wildman–Crippen LogP) is 3.83. The second-order valence-corrected chi connectivity index (χ2v) is 7.13. The second kappa shape index (κ2) is 6.03. The van der Waals surface area contributed by atoms with Crippen LogP contribution in [0.5, 0.6) is 0 Å². The molecule has 0 bridgehead atoms. The molecule has 1 aliphatic carbocycles. The van der Waals surface area contributed by atoms with Gasteiger partial charge in [-0.2, -0.15) is 0 Å². The summed E-state index contributed by atoms with van der Waals surface area (Å²) in [6.07, 6.45) is 5.00. The molecule has 0 aromatic heterocycles. The first-order valence-corrected chi connectivity index (χ1v) is 7.58. The molecule has 0 N–H and O–H groups in total. The Kier molecular flexibility index (Phi) is 5.31. The van der Waals surface area contributed by atoms with E-state index in [1.54, 1.807) is 0 Å². The van der Waals surface area contributed by atoms with Crippen LogP contribution in [0.2, 0.25) is 0 Å². The number of hydrogen-bond donors (Lipinski definition) is 0. The smallest absolute Gasteiger partial charge is 0.309 e. The van der Waals surface area contributed by atoms with Gasteiger partial charge in [0.05, 0.1) is 18.9 Å². The van der Waals surface area contributed by atoms with Gasteiger partial charge < -0.3 is 9.05 Å². The van der Waals surface area contributed by atoms with Crippen LogP contribution in [0.1, 0.15) is 46.5 Å². The van der Waals surface area contributed by atoms with Crippen molar-refractivity contribution < 1.29 is 13.6 Å². The monoisotopic (exact) mass is 234 g/mol. The van der Waals surface area contributed by atoms with Crippen molar-refractivity contribution in [1.82, 2.24) is 0 Å². The van der Waals surface area contributed by atoms with Crippen molar-refractivity contribution in [2.24, 2.45) is 5.92 Å². The highest BCUT2D eigenvalue weighted by atomic mass is 31.2. The topological polar surface area (TPSA) is 35.5 Å². The highest BCUT2D eigenvalue weighted by Gasteiger charge is 2.30. The summed E-state index contributed by atoms with van der Waals surface area (Å²) in [7, 11) is -2.84. The fourth-order valence-electron chi connectivity index (χ4n) is 1.90. The van der Waals surface area contributed by atoms with Crippen molar-refractivity contribution in [3.05, 3.63) is 0 Å². The second-order valence-electron chi connectivity index (χ2n) is 4.50. The molecule has 3 nitrogen and oxygen atoms in total. The van der Waals surface area contributed by atoms with Crippen molar-refractivity contribution >= 4 is 7.60 Å². The third-order valence-corrected chi connectivity index (χ3v) is 5.30. The zero-order valence-corrected chi connectivity index (χ0v) is 11.0. The SMILES string of the molecule is CCOP(=O)(OCC1CCCC1)C(C)C. The minimum absolute atomic E-state index is 0.0427. The Morgan fingerprint density at radius 3 is 2.33 bits per heavy atom. The van der Waals surface area contributed by atoms with Crippen LogP contribution < -0.4 is 0 Å². The lowest BCUT2D eigenvalue weighted by molar-refractivity contribution is 0.180. The molecule has 1 atom stereocenters. The van der Waals surface area contributed by atoms with E-state index in [2.05, 4.69) is 0 Å². The maximum Gasteiger partial charge on any atom is 0.333 e. The van der Waals surface area contributed by atoms with Crippen molar-refractivity contribution in [2.45, 2.75) is 52.1 Å². The molecule has 1 unspecified atom stereocenters. The van der Waals surface area contributed by atoms with E-state index in [1.165, 1.54) is 25.7 Å². The van der Waals surface area contributed by atoms with E-state index in [4.69, 9.17) is 9.05 Å². The summed E-state index contributed by atoms with van der Waals surface area (Å²) >= 11 is 0. The van der Waals surface area contributed by atoms with Gasteiger partial charge in [0.25, 0.3) is 0 Å². The van der Waals surface area contributed by atoms with Crippen LogP contribution in [0.25, 0.3) is 0 Å². The summed E-state index contributed by atoms with van der Waals surface area (Å²) in [5.74, 6) is 0.595. The molecule has 0 saturated heterocycles. The third kappa shape index (κ3) is 3.90. The third-order valence-electron chi connectivity index (χ3n) is 2.91. The zero-order chi connectivity index (χ0) is 11.3. The van der Waals surface area contributed by atoms with Gasteiger partial charge in [0, 0.05) is 0 Å². The van der Waals surface area contributed by atoms with Gasteiger partial charge in [-0.15, -0.1) is 0 Å². The molecular formula is C11H23O3P. The molecule has 15 heavy (non-hydrogen) atoms. The van der Waals surface area contributed by atoms with Crippen molar-refractivity contribution in [2.75, 3.05) is 13.2 Å². The highest BCUT2D eigenvalue weighted by molar-refractivity contribution is 7.54. The van der Waals surface area contributed by atoms with Crippen LogP contribution in [0.4, 0.5) is 0 Å². The number of hydrogen-bond acceptors (Lipinski definition) is 3. The van der Waals surface area contributed by atoms with Crippen LogP contribution in [0.3, 0.4) is 0 Å². The van der Waals surface area contributed by atoms with Crippen LogP contribution in [0, 0.1) is 5.92 Å². The summed E-state index contributed by atoms with van der Waals surface area (Å²) in [4.78, 5) is 0. The van der Waals surface area contributed by atoms with E-state index < -0.39 is 7.60 Å². The Morgan fingerprint density at radius 1 is 1.27 bits per heavy atom. The van der Waals surface area contributed by atoms with Gasteiger partial charge in [-0.25, -0.2) is 0 Å². The zero-order valence-electron chi connectivity index (χ0n) is 10.1. The van der Waals surface area contributed by atoms with Crippen molar-refractivity contribution in [3.8, 4) is 0 Å². The first kappa shape index (κ1) is 13.2. The van der Waals surface area contributed by atoms with Gasteiger partial charge in [0.15, 0.2) is 0 Å². The molecule has 1 rings (SSSR count). The molecule has 0 amide bonds. The molecule has 1 fully saturated rings. The maximum atomic E-state index is 12.2.